The number of rotatable bonds is 4. The highest BCUT2D eigenvalue weighted by atomic mass is 32.2. The predicted octanol–water partition coefficient (Wildman–Crippen LogP) is 1.69. The van der Waals surface area contributed by atoms with Gasteiger partial charge in [0.1, 0.15) is 6.04 Å². The molecule has 0 amide bonds. The normalized spacial score (nSPS) is 12.5. The van der Waals surface area contributed by atoms with Gasteiger partial charge in [-0.1, -0.05) is 31.5 Å². The third-order valence-electron chi connectivity index (χ3n) is 2.36. The van der Waals surface area contributed by atoms with Gasteiger partial charge in [0.25, 0.3) is 10.1 Å². The van der Waals surface area contributed by atoms with E-state index in [1.807, 2.05) is 20.8 Å². The van der Waals surface area contributed by atoms with E-state index >= 15 is 0 Å². The van der Waals surface area contributed by atoms with Gasteiger partial charge in [-0.15, -0.1) is 0 Å². The second-order valence-corrected chi connectivity index (χ2v) is 6.28. The van der Waals surface area contributed by atoms with Gasteiger partial charge in [-0.05, 0) is 31.4 Å². The van der Waals surface area contributed by atoms with Gasteiger partial charge in [-0.25, -0.2) is 0 Å². The maximum Gasteiger partial charge on any atom is 0.320 e. The third-order valence-corrected chi connectivity index (χ3v) is 3.23. The first-order valence-corrected chi connectivity index (χ1v) is 7.50. The van der Waals surface area contributed by atoms with E-state index in [1.54, 1.807) is 12.1 Å². The van der Waals surface area contributed by atoms with E-state index in [2.05, 4.69) is 0 Å². The molecule has 0 bridgehead atoms. The van der Waals surface area contributed by atoms with Crippen LogP contribution in [0.5, 0.6) is 0 Å². The van der Waals surface area contributed by atoms with E-state index in [9.17, 15) is 13.2 Å². The summed E-state index contributed by atoms with van der Waals surface area (Å²) in [7, 11) is -4.02. The average Bonchev–Trinajstić information content (AvgIpc) is 2.28. The summed E-state index contributed by atoms with van der Waals surface area (Å²) in [6, 6.07) is 5.30. The van der Waals surface area contributed by atoms with Gasteiger partial charge in [0.15, 0.2) is 0 Å². The molecule has 0 saturated carbocycles. The van der Waals surface area contributed by atoms with Crippen LogP contribution in [0, 0.1) is 12.8 Å². The lowest BCUT2D eigenvalue weighted by Gasteiger charge is -2.07. The van der Waals surface area contributed by atoms with Gasteiger partial charge in [0.2, 0.25) is 0 Å². The van der Waals surface area contributed by atoms with E-state index in [1.165, 1.54) is 12.1 Å². The molecule has 7 heteroatoms. The number of carbonyl (C=O) groups is 1. The van der Waals surface area contributed by atoms with E-state index in [0.717, 1.165) is 5.56 Å². The molecule has 0 saturated heterocycles. The molecular weight excluding hydrogens is 282 g/mol. The van der Waals surface area contributed by atoms with Crippen LogP contribution in [-0.2, 0) is 14.9 Å². The van der Waals surface area contributed by atoms with E-state index < -0.39 is 22.1 Å². The molecule has 6 nitrogen and oxygen atoms in total. The fourth-order valence-electron chi connectivity index (χ4n) is 1.32. The van der Waals surface area contributed by atoms with Crippen LogP contribution in [0.15, 0.2) is 29.2 Å². The summed E-state index contributed by atoms with van der Waals surface area (Å²) >= 11 is 0. The Labute approximate surface area is 119 Å². The summed E-state index contributed by atoms with van der Waals surface area (Å²) in [5.74, 6) is -0.556. The number of hydrogen-bond donors (Lipinski definition) is 3. The zero-order valence-corrected chi connectivity index (χ0v) is 12.6. The van der Waals surface area contributed by atoms with Gasteiger partial charge in [-0.3, -0.25) is 9.35 Å². The van der Waals surface area contributed by atoms with Crippen molar-refractivity contribution in [3.05, 3.63) is 29.8 Å². The summed E-state index contributed by atoms with van der Waals surface area (Å²) in [4.78, 5) is 10.0. The van der Waals surface area contributed by atoms with Crippen LogP contribution < -0.4 is 5.73 Å². The maximum absolute atomic E-state index is 10.5. The second kappa shape index (κ2) is 7.98. The van der Waals surface area contributed by atoms with Gasteiger partial charge >= 0.3 is 5.97 Å². The molecule has 20 heavy (non-hydrogen) atoms. The summed E-state index contributed by atoms with van der Waals surface area (Å²) in [5.41, 5.74) is 6.17. The molecule has 1 unspecified atom stereocenters. The Morgan fingerprint density at radius 3 is 1.95 bits per heavy atom. The monoisotopic (exact) mass is 303 g/mol. The third kappa shape index (κ3) is 7.88. The molecule has 1 rings (SSSR count). The SMILES string of the molecule is CC(C)CC(N)C(=O)O.Cc1ccc(S(=O)(=O)O)cc1. The van der Waals surface area contributed by atoms with Crippen molar-refractivity contribution in [1.29, 1.82) is 0 Å². The predicted molar refractivity (Wildman–Crippen MR) is 76.1 cm³/mol. The van der Waals surface area contributed by atoms with Crippen LogP contribution in [0.25, 0.3) is 0 Å². The first kappa shape index (κ1) is 18.6. The van der Waals surface area contributed by atoms with Crippen molar-refractivity contribution in [2.75, 3.05) is 0 Å². The van der Waals surface area contributed by atoms with Crippen molar-refractivity contribution in [2.24, 2.45) is 11.7 Å². The molecule has 1 aromatic carbocycles. The van der Waals surface area contributed by atoms with Gasteiger partial charge < -0.3 is 10.8 Å². The number of hydrogen-bond acceptors (Lipinski definition) is 4. The molecule has 1 atom stereocenters. The minimum absolute atomic E-state index is 0.0666. The van der Waals surface area contributed by atoms with Crippen molar-refractivity contribution in [3.63, 3.8) is 0 Å². The van der Waals surface area contributed by atoms with Crippen LogP contribution in [0.4, 0.5) is 0 Å². The molecule has 0 spiro atoms. The largest absolute Gasteiger partial charge is 0.480 e. The molecule has 0 aliphatic rings. The van der Waals surface area contributed by atoms with Crippen molar-refractivity contribution < 1.29 is 22.9 Å². The van der Waals surface area contributed by atoms with Crippen molar-refractivity contribution >= 4 is 16.1 Å². The lowest BCUT2D eigenvalue weighted by Crippen LogP contribution is -2.31. The highest BCUT2D eigenvalue weighted by molar-refractivity contribution is 7.85. The quantitative estimate of drug-likeness (QED) is 0.728. The molecule has 4 N–H and O–H groups in total. The van der Waals surface area contributed by atoms with Crippen LogP contribution >= 0.6 is 0 Å². The Balaban J connectivity index is 0.000000370. The zero-order chi connectivity index (χ0) is 15.9. The summed E-state index contributed by atoms with van der Waals surface area (Å²) < 4.78 is 29.6. The fourth-order valence-corrected chi connectivity index (χ4v) is 1.80. The average molecular weight is 303 g/mol. The number of carboxylic acid groups (broad SMARTS) is 1. The van der Waals surface area contributed by atoms with Crippen LogP contribution in [0.3, 0.4) is 0 Å². The number of aryl methyl sites for hydroxylation is 1. The van der Waals surface area contributed by atoms with Crippen LogP contribution in [-0.4, -0.2) is 30.1 Å². The fraction of sp³-hybridized carbons (Fsp3) is 0.462. The number of aliphatic carboxylic acids is 1. The van der Waals surface area contributed by atoms with Gasteiger partial charge in [-0.2, -0.15) is 8.42 Å². The minimum atomic E-state index is -4.02. The first-order valence-electron chi connectivity index (χ1n) is 6.06. The summed E-state index contributed by atoms with van der Waals surface area (Å²) in [6.07, 6.45) is 0.551. The summed E-state index contributed by atoms with van der Waals surface area (Å²) in [5, 5.41) is 8.31. The number of benzene rings is 1. The summed E-state index contributed by atoms with van der Waals surface area (Å²) in [6.45, 7) is 5.74. The molecule has 0 heterocycles. The molecular formula is C13H21NO5S. The Bertz CT molecular complexity index is 522. The lowest BCUT2D eigenvalue weighted by molar-refractivity contribution is -0.138. The molecule has 0 radical (unpaired) electrons. The standard InChI is InChI=1S/C7H8O3S.C6H13NO2/c1-6-2-4-7(5-3-6)11(8,9)10;1-4(2)3-5(7)6(8)9/h2-5H,1H3,(H,8,9,10);4-5H,3,7H2,1-2H3,(H,8,9). The highest BCUT2D eigenvalue weighted by Crippen LogP contribution is 2.08. The smallest absolute Gasteiger partial charge is 0.320 e. The Morgan fingerprint density at radius 1 is 1.25 bits per heavy atom. The van der Waals surface area contributed by atoms with Gasteiger partial charge in [0.05, 0.1) is 4.90 Å². The van der Waals surface area contributed by atoms with E-state index in [-0.39, 0.29) is 4.90 Å². The van der Waals surface area contributed by atoms with Crippen LogP contribution in [0.1, 0.15) is 25.8 Å². The maximum atomic E-state index is 10.5. The Hall–Kier alpha value is -1.44. The molecule has 0 aromatic heterocycles. The number of nitrogens with two attached hydrogens (primary N) is 1. The van der Waals surface area contributed by atoms with Crippen molar-refractivity contribution in [2.45, 2.75) is 38.1 Å². The lowest BCUT2D eigenvalue weighted by atomic mass is 10.1. The second-order valence-electron chi connectivity index (χ2n) is 4.86. The first-order chi connectivity index (χ1) is 9.04. The van der Waals surface area contributed by atoms with Gasteiger partial charge in [0, 0.05) is 0 Å². The molecule has 0 aliphatic heterocycles. The van der Waals surface area contributed by atoms with Crippen molar-refractivity contribution in [3.8, 4) is 0 Å². The highest BCUT2D eigenvalue weighted by Gasteiger charge is 2.11. The molecule has 114 valence electrons. The van der Waals surface area contributed by atoms with Crippen molar-refractivity contribution in [1.82, 2.24) is 0 Å². The molecule has 0 aliphatic carbocycles. The minimum Gasteiger partial charge on any atom is -0.480 e. The topological polar surface area (TPSA) is 118 Å². The number of carboxylic acids is 1. The van der Waals surface area contributed by atoms with Crippen LogP contribution in [0.2, 0.25) is 0 Å². The van der Waals surface area contributed by atoms with E-state index in [0.29, 0.717) is 12.3 Å². The molecule has 1 aromatic rings. The Kier molecular flexibility index (Phi) is 7.41. The zero-order valence-electron chi connectivity index (χ0n) is 11.8. The molecule has 0 fully saturated rings. The van der Waals surface area contributed by atoms with E-state index in [4.69, 9.17) is 15.4 Å². The Morgan fingerprint density at radius 2 is 1.70 bits per heavy atom.